The van der Waals surface area contributed by atoms with Gasteiger partial charge in [-0.15, -0.1) is 0 Å². The van der Waals surface area contributed by atoms with Crippen LogP contribution in [0, 0.1) is 6.92 Å². The lowest BCUT2D eigenvalue weighted by Crippen LogP contribution is -2.51. The molecule has 0 spiro atoms. The molecule has 4 heterocycles. The van der Waals surface area contributed by atoms with Crippen LogP contribution in [-0.4, -0.2) is 67.4 Å². The number of carbonyl (C=O) groups is 1. The maximum Gasteiger partial charge on any atom is 0.260 e. The molecule has 2 bridgehead atoms. The highest BCUT2D eigenvalue weighted by Gasteiger charge is 2.44. The molecule has 2 aliphatic carbocycles. The molecular weight excluding hydrogens is 418 g/mol. The monoisotopic (exact) mass is 449 g/mol. The van der Waals surface area contributed by atoms with E-state index in [1.54, 1.807) is 11.1 Å². The predicted octanol–water partition coefficient (Wildman–Crippen LogP) is 1.88. The lowest BCUT2D eigenvalue weighted by atomic mass is 9.81. The van der Waals surface area contributed by atoms with Crippen LogP contribution in [0.4, 0.5) is 0 Å². The first-order valence-electron chi connectivity index (χ1n) is 11.4. The minimum atomic E-state index is -3.34. The Balaban J connectivity index is 1.40. The van der Waals surface area contributed by atoms with Gasteiger partial charge in [-0.3, -0.25) is 4.79 Å². The van der Waals surface area contributed by atoms with E-state index in [0.29, 0.717) is 31.4 Å². The zero-order valence-corrected chi connectivity index (χ0v) is 18.8. The van der Waals surface area contributed by atoms with Gasteiger partial charge in [-0.25, -0.2) is 18.1 Å². The molecule has 170 valence electrons. The van der Waals surface area contributed by atoms with Gasteiger partial charge in [-0.2, -0.15) is 0 Å². The van der Waals surface area contributed by atoms with Crippen LogP contribution in [0.15, 0.2) is 12.3 Å². The van der Waals surface area contributed by atoms with Gasteiger partial charge in [-0.05, 0) is 69.4 Å². The third kappa shape index (κ3) is 4.32. The number of amides is 1. The molecule has 1 aromatic rings. The minimum Gasteiger partial charge on any atom is -0.467 e. The second-order valence-electron chi connectivity index (χ2n) is 9.35. The van der Waals surface area contributed by atoms with Crippen molar-refractivity contribution < 1.29 is 22.7 Å². The highest BCUT2D eigenvalue weighted by atomic mass is 32.2. The Morgan fingerprint density at radius 2 is 1.90 bits per heavy atom. The van der Waals surface area contributed by atoms with Crippen LogP contribution in [0.5, 0.6) is 5.88 Å². The maximum atomic E-state index is 13.1. The summed E-state index contributed by atoms with van der Waals surface area (Å²) >= 11 is 0. The van der Waals surface area contributed by atoms with E-state index in [-0.39, 0.29) is 36.0 Å². The van der Waals surface area contributed by atoms with Crippen LogP contribution in [0.3, 0.4) is 0 Å². The molecule has 8 nitrogen and oxygen atoms in total. The number of nitrogens with zero attached hydrogens (tertiary/aromatic N) is 2. The van der Waals surface area contributed by atoms with Gasteiger partial charge in [0.25, 0.3) is 5.91 Å². The smallest absolute Gasteiger partial charge is 0.260 e. The van der Waals surface area contributed by atoms with Crippen LogP contribution >= 0.6 is 0 Å². The van der Waals surface area contributed by atoms with Crippen LogP contribution < -0.4 is 9.46 Å². The molecule has 6 rings (SSSR count). The second kappa shape index (κ2) is 8.33. The van der Waals surface area contributed by atoms with E-state index >= 15 is 0 Å². The summed E-state index contributed by atoms with van der Waals surface area (Å²) in [4.78, 5) is 19.2. The van der Waals surface area contributed by atoms with Gasteiger partial charge in [0.15, 0.2) is 6.61 Å². The van der Waals surface area contributed by atoms with E-state index in [0.717, 1.165) is 49.7 Å². The molecule has 1 saturated heterocycles. The summed E-state index contributed by atoms with van der Waals surface area (Å²) < 4.78 is 40.2. The molecule has 1 aromatic heterocycles. The fraction of sp³-hybridized carbons (Fsp3) is 0.727. The Morgan fingerprint density at radius 3 is 2.65 bits per heavy atom. The minimum absolute atomic E-state index is 0.0990. The Labute approximate surface area is 183 Å². The van der Waals surface area contributed by atoms with Crippen molar-refractivity contribution in [3.8, 4) is 5.88 Å². The van der Waals surface area contributed by atoms with Gasteiger partial charge in [-0.1, -0.05) is 0 Å². The Hall–Kier alpha value is -1.71. The van der Waals surface area contributed by atoms with Crippen molar-refractivity contribution in [1.82, 2.24) is 14.6 Å². The van der Waals surface area contributed by atoms with E-state index in [1.165, 1.54) is 0 Å². The summed E-state index contributed by atoms with van der Waals surface area (Å²) in [6.45, 7) is 2.82. The number of nitrogens with one attached hydrogen (secondary N) is 1. The first-order chi connectivity index (χ1) is 14.9. The third-order valence-corrected chi connectivity index (χ3v) is 9.21. The molecule has 2 saturated carbocycles. The molecule has 31 heavy (non-hydrogen) atoms. The molecule has 3 aliphatic heterocycles. The third-order valence-electron chi connectivity index (χ3n) is 7.23. The predicted molar refractivity (Wildman–Crippen MR) is 114 cm³/mol. The molecule has 9 heteroatoms. The average molecular weight is 450 g/mol. The first-order valence-corrected chi connectivity index (χ1v) is 13.0. The van der Waals surface area contributed by atoms with Gasteiger partial charge in [0.2, 0.25) is 15.9 Å². The topological polar surface area (TPSA) is 97.8 Å². The summed E-state index contributed by atoms with van der Waals surface area (Å²) in [5.41, 5.74) is 2.26. The number of aromatic nitrogens is 1. The number of sulfonamides is 1. The molecule has 2 atom stereocenters. The normalized spacial score (nSPS) is 31.8. The molecule has 5 aliphatic rings. The Bertz CT molecular complexity index is 940. The summed E-state index contributed by atoms with van der Waals surface area (Å²) in [6, 6.07) is 1.37. The highest BCUT2D eigenvalue weighted by molar-refractivity contribution is 7.90. The largest absolute Gasteiger partial charge is 0.467 e. The molecule has 0 aromatic carbocycles. The second-order valence-corrected chi connectivity index (χ2v) is 11.3. The molecule has 1 N–H and O–H groups in total. The summed E-state index contributed by atoms with van der Waals surface area (Å²) in [6.07, 6.45) is 7.76. The van der Waals surface area contributed by atoms with E-state index < -0.39 is 10.0 Å². The zero-order chi connectivity index (χ0) is 21.6. The van der Waals surface area contributed by atoms with Gasteiger partial charge in [0.1, 0.15) is 0 Å². The SMILES string of the molecule is Cc1ccnc2c1C1CCC(CC1)OCC1C(NS(=O)(=O)C3CC3)CCN1C(=O)CO2. The summed E-state index contributed by atoms with van der Waals surface area (Å²) in [5, 5.41) is -0.280. The number of pyridine rings is 1. The molecule has 3 fully saturated rings. The number of hydrogen-bond donors (Lipinski definition) is 1. The van der Waals surface area contributed by atoms with Crippen LogP contribution in [0.25, 0.3) is 0 Å². The highest BCUT2D eigenvalue weighted by Crippen LogP contribution is 2.40. The lowest BCUT2D eigenvalue weighted by molar-refractivity contribution is -0.136. The Morgan fingerprint density at radius 1 is 1.13 bits per heavy atom. The van der Waals surface area contributed by atoms with E-state index in [4.69, 9.17) is 9.47 Å². The zero-order valence-electron chi connectivity index (χ0n) is 18.0. The van der Waals surface area contributed by atoms with Gasteiger partial charge < -0.3 is 14.4 Å². The molecular formula is C22H31N3O5S. The first kappa shape index (κ1) is 21.2. The van der Waals surface area contributed by atoms with Crippen molar-refractivity contribution >= 4 is 15.9 Å². The Kier molecular flexibility index (Phi) is 5.68. The van der Waals surface area contributed by atoms with Crippen molar-refractivity contribution in [1.29, 1.82) is 0 Å². The van der Waals surface area contributed by atoms with Gasteiger partial charge >= 0.3 is 0 Å². The van der Waals surface area contributed by atoms with Crippen molar-refractivity contribution in [3.05, 3.63) is 23.4 Å². The summed E-state index contributed by atoms with van der Waals surface area (Å²) in [5.74, 6) is 0.763. The van der Waals surface area contributed by atoms with E-state index in [1.807, 2.05) is 6.07 Å². The fourth-order valence-corrected chi connectivity index (χ4v) is 6.96. The number of aryl methyl sites for hydroxylation is 1. The van der Waals surface area contributed by atoms with Crippen LogP contribution in [-0.2, 0) is 19.6 Å². The van der Waals surface area contributed by atoms with Crippen LogP contribution in [0.2, 0.25) is 0 Å². The number of carbonyl (C=O) groups excluding carboxylic acids is 1. The van der Waals surface area contributed by atoms with Crippen molar-refractivity contribution in [2.45, 2.75) is 81.2 Å². The van der Waals surface area contributed by atoms with Gasteiger partial charge in [0.05, 0.1) is 24.0 Å². The average Bonchev–Trinajstić information content (AvgIpc) is 3.54. The number of ether oxygens (including phenoxy) is 2. The summed E-state index contributed by atoms with van der Waals surface area (Å²) in [7, 11) is -3.34. The number of rotatable bonds is 3. The van der Waals surface area contributed by atoms with Gasteiger partial charge in [0, 0.05) is 24.3 Å². The van der Waals surface area contributed by atoms with Crippen molar-refractivity contribution in [2.24, 2.45) is 0 Å². The number of fused-ring (bicyclic) bond motifs is 5. The number of hydrogen-bond acceptors (Lipinski definition) is 6. The molecule has 0 radical (unpaired) electrons. The van der Waals surface area contributed by atoms with Crippen molar-refractivity contribution in [3.63, 3.8) is 0 Å². The van der Waals surface area contributed by atoms with E-state index in [9.17, 15) is 13.2 Å². The quantitative estimate of drug-likeness (QED) is 0.757. The van der Waals surface area contributed by atoms with Crippen LogP contribution in [0.1, 0.15) is 62.0 Å². The maximum absolute atomic E-state index is 13.1. The molecule has 1 amide bonds. The standard InChI is InChI=1S/C22H31N3O5S/c1-14-8-10-23-22-21(14)15-2-4-16(5-3-15)29-12-19-18(24-31(27,28)17-6-7-17)9-11-25(19)20(26)13-30-22/h8,10,15-19,24H,2-7,9,11-13H2,1H3. The fourth-order valence-electron chi connectivity index (χ4n) is 5.31. The van der Waals surface area contributed by atoms with Crippen molar-refractivity contribution in [2.75, 3.05) is 19.8 Å². The lowest BCUT2D eigenvalue weighted by Gasteiger charge is -2.32. The van der Waals surface area contributed by atoms with E-state index in [2.05, 4.69) is 16.6 Å². The molecule has 2 unspecified atom stereocenters.